The summed E-state index contributed by atoms with van der Waals surface area (Å²) in [5, 5.41) is 1.81. The first-order valence-electron chi connectivity index (χ1n) is 3.51. The molecule has 1 atom stereocenters. The summed E-state index contributed by atoms with van der Waals surface area (Å²) >= 11 is 0. The standard InChI is InChI=1S/C5H14N2O2Si2/c1-5(11,4(6)9)7-3(8)2-10/h2H2,1,10-11H3,(H2,6,9)(H,7,8). The van der Waals surface area contributed by atoms with Crippen LogP contribution in [0.2, 0.25) is 6.04 Å². The molecular formula is C5H14N2O2Si2. The van der Waals surface area contributed by atoms with Crippen LogP contribution in [0.5, 0.6) is 0 Å². The van der Waals surface area contributed by atoms with E-state index in [0.717, 1.165) is 10.2 Å². The van der Waals surface area contributed by atoms with Gasteiger partial charge in [0.25, 0.3) is 0 Å². The van der Waals surface area contributed by atoms with Crippen molar-refractivity contribution in [3.8, 4) is 0 Å². The maximum atomic E-state index is 10.9. The number of hydrogen-bond donors (Lipinski definition) is 2. The lowest BCUT2D eigenvalue weighted by atomic mass is 10.3. The molecule has 0 aliphatic carbocycles. The summed E-state index contributed by atoms with van der Waals surface area (Å²) < 4.78 is 0. The molecule has 0 bridgehead atoms. The molecule has 11 heavy (non-hydrogen) atoms. The second-order valence-electron chi connectivity index (χ2n) is 2.89. The highest BCUT2D eigenvalue weighted by Crippen LogP contribution is 1.95. The van der Waals surface area contributed by atoms with Crippen LogP contribution in [0.4, 0.5) is 0 Å². The van der Waals surface area contributed by atoms with Gasteiger partial charge in [-0.2, -0.15) is 0 Å². The topological polar surface area (TPSA) is 72.2 Å². The van der Waals surface area contributed by atoms with E-state index in [0.29, 0.717) is 16.3 Å². The van der Waals surface area contributed by atoms with Crippen molar-refractivity contribution in [2.24, 2.45) is 5.73 Å². The molecule has 0 saturated heterocycles. The molecule has 0 radical (unpaired) electrons. The largest absolute Gasteiger partial charge is 0.368 e. The van der Waals surface area contributed by atoms with Gasteiger partial charge in [-0.3, -0.25) is 9.59 Å². The molecule has 0 aliphatic rings. The van der Waals surface area contributed by atoms with Crippen LogP contribution in [-0.4, -0.2) is 37.5 Å². The van der Waals surface area contributed by atoms with E-state index in [1.54, 1.807) is 6.92 Å². The molecule has 3 N–H and O–H groups in total. The van der Waals surface area contributed by atoms with Gasteiger partial charge in [0.2, 0.25) is 11.8 Å². The molecule has 0 aromatic heterocycles. The molecule has 0 saturated carbocycles. The second-order valence-corrected chi connectivity index (χ2v) is 5.60. The van der Waals surface area contributed by atoms with Crippen LogP contribution in [0.15, 0.2) is 0 Å². The Balaban J connectivity index is 4.12. The number of carbonyl (C=O) groups excluding carboxylic acids is 2. The van der Waals surface area contributed by atoms with Gasteiger partial charge in [-0.15, -0.1) is 0 Å². The molecule has 2 amide bonds. The minimum Gasteiger partial charge on any atom is -0.368 e. The molecule has 0 rings (SSSR count). The number of nitrogens with two attached hydrogens (primary N) is 1. The third-order valence-corrected chi connectivity index (χ3v) is 2.77. The SMILES string of the molecule is CC([SiH3])(NC(=O)C[SiH3])C(N)=O. The number of primary amides is 1. The van der Waals surface area contributed by atoms with Crippen molar-refractivity contribution < 1.29 is 9.59 Å². The van der Waals surface area contributed by atoms with Crippen LogP contribution >= 0.6 is 0 Å². The Labute approximate surface area is 71.8 Å². The fourth-order valence-electron chi connectivity index (χ4n) is 0.499. The third kappa shape index (κ3) is 3.33. The Hall–Kier alpha value is -0.626. The lowest BCUT2D eigenvalue weighted by Crippen LogP contribution is -2.55. The Bertz CT molecular complexity index is 181. The number of hydrogen-bond acceptors (Lipinski definition) is 2. The summed E-state index contributed by atoms with van der Waals surface area (Å²) in [4.78, 5) is 21.6. The quantitative estimate of drug-likeness (QED) is 0.452. The van der Waals surface area contributed by atoms with Crippen molar-refractivity contribution >= 4 is 32.3 Å². The van der Waals surface area contributed by atoms with Crippen LogP contribution in [0.1, 0.15) is 6.92 Å². The average Bonchev–Trinajstić information content (AvgIpc) is 1.86. The predicted molar refractivity (Wildman–Crippen MR) is 50.4 cm³/mol. The van der Waals surface area contributed by atoms with Crippen molar-refractivity contribution in [2.75, 3.05) is 0 Å². The van der Waals surface area contributed by atoms with Gasteiger partial charge in [0, 0.05) is 26.5 Å². The van der Waals surface area contributed by atoms with Gasteiger partial charge < -0.3 is 11.1 Å². The lowest BCUT2D eigenvalue weighted by Gasteiger charge is -2.21. The molecule has 0 aliphatic heterocycles. The van der Waals surface area contributed by atoms with Crippen molar-refractivity contribution in [2.45, 2.75) is 18.1 Å². The first-order chi connectivity index (χ1) is 4.90. The van der Waals surface area contributed by atoms with E-state index in [9.17, 15) is 9.59 Å². The van der Waals surface area contributed by atoms with Gasteiger partial charge in [-0.25, -0.2) is 0 Å². The fourth-order valence-corrected chi connectivity index (χ4v) is 0.954. The van der Waals surface area contributed by atoms with E-state index >= 15 is 0 Å². The smallest absolute Gasteiger partial charge is 0.238 e. The maximum absolute atomic E-state index is 10.9. The summed E-state index contributed by atoms with van der Waals surface area (Å²) in [7, 11) is 1.36. The van der Waals surface area contributed by atoms with Gasteiger partial charge >= 0.3 is 0 Å². The minimum atomic E-state index is -0.776. The van der Waals surface area contributed by atoms with Crippen LogP contribution in [0.3, 0.4) is 0 Å². The Morgan fingerprint density at radius 1 is 1.64 bits per heavy atom. The van der Waals surface area contributed by atoms with Crippen molar-refractivity contribution in [3.63, 3.8) is 0 Å². The van der Waals surface area contributed by atoms with E-state index in [-0.39, 0.29) is 5.91 Å². The average molecular weight is 190 g/mol. The summed E-state index contributed by atoms with van der Waals surface area (Å²) in [6.45, 7) is 1.65. The van der Waals surface area contributed by atoms with E-state index in [4.69, 9.17) is 5.73 Å². The summed E-state index contributed by atoms with van der Waals surface area (Å²) in [6, 6.07) is 0.519. The van der Waals surface area contributed by atoms with Gasteiger partial charge in [-0.1, -0.05) is 0 Å². The summed E-state index contributed by atoms with van der Waals surface area (Å²) in [5.74, 6) is -0.527. The zero-order valence-corrected chi connectivity index (χ0v) is 11.1. The number of rotatable bonds is 3. The Morgan fingerprint density at radius 2 is 2.09 bits per heavy atom. The number of amides is 2. The van der Waals surface area contributed by atoms with Crippen molar-refractivity contribution in [1.82, 2.24) is 5.32 Å². The second kappa shape index (κ2) is 3.67. The summed E-state index contributed by atoms with van der Waals surface area (Å²) in [6.07, 6.45) is 0. The highest BCUT2D eigenvalue weighted by atomic mass is 28.1. The number of nitrogens with one attached hydrogen (secondary N) is 1. The molecular weight excluding hydrogens is 176 g/mol. The van der Waals surface area contributed by atoms with Crippen molar-refractivity contribution in [3.05, 3.63) is 0 Å². The van der Waals surface area contributed by atoms with E-state index in [1.165, 1.54) is 0 Å². The monoisotopic (exact) mass is 190 g/mol. The molecule has 1 unspecified atom stereocenters. The summed E-state index contributed by atoms with van der Waals surface area (Å²) in [5.41, 5.74) is 5.07. The van der Waals surface area contributed by atoms with Crippen LogP contribution in [0, 0.1) is 0 Å². The highest BCUT2D eigenvalue weighted by molar-refractivity contribution is 6.30. The number of carbonyl (C=O) groups is 2. The highest BCUT2D eigenvalue weighted by Gasteiger charge is 2.25. The van der Waals surface area contributed by atoms with Gasteiger partial charge in [0.15, 0.2) is 0 Å². The van der Waals surface area contributed by atoms with E-state index in [1.807, 2.05) is 0 Å². The molecule has 0 spiro atoms. The minimum absolute atomic E-state index is 0.0760. The Morgan fingerprint density at radius 3 is 2.36 bits per heavy atom. The normalized spacial score (nSPS) is 15.7. The fraction of sp³-hybridized carbons (Fsp3) is 0.600. The zero-order chi connectivity index (χ0) is 9.07. The maximum Gasteiger partial charge on any atom is 0.238 e. The predicted octanol–water partition coefficient (Wildman–Crippen LogP) is -3.55. The zero-order valence-electron chi connectivity index (χ0n) is 7.10. The molecule has 0 aromatic carbocycles. The van der Waals surface area contributed by atoms with Crippen molar-refractivity contribution in [1.29, 1.82) is 0 Å². The first kappa shape index (κ1) is 10.4. The van der Waals surface area contributed by atoms with Crippen LogP contribution < -0.4 is 11.1 Å². The molecule has 0 heterocycles. The molecule has 0 aromatic rings. The van der Waals surface area contributed by atoms with E-state index < -0.39 is 11.1 Å². The first-order valence-corrected chi connectivity index (χ1v) is 5.92. The Kier molecular flexibility index (Phi) is 3.47. The van der Waals surface area contributed by atoms with Gasteiger partial charge in [-0.05, 0) is 6.92 Å². The lowest BCUT2D eigenvalue weighted by molar-refractivity contribution is -0.127. The van der Waals surface area contributed by atoms with E-state index in [2.05, 4.69) is 5.32 Å². The van der Waals surface area contributed by atoms with Gasteiger partial charge in [0.05, 0.1) is 5.16 Å². The van der Waals surface area contributed by atoms with Crippen LogP contribution in [-0.2, 0) is 9.59 Å². The molecule has 4 nitrogen and oxygen atoms in total. The van der Waals surface area contributed by atoms with Gasteiger partial charge in [0.1, 0.15) is 0 Å². The molecule has 0 fully saturated rings. The molecule has 6 heteroatoms. The third-order valence-electron chi connectivity index (χ3n) is 1.39. The van der Waals surface area contributed by atoms with Crippen LogP contribution in [0.25, 0.3) is 0 Å². The molecule has 64 valence electrons.